The molecule has 2 rings (SSSR count). The highest BCUT2D eigenvalue weighted by atomic mass is 19.1. The first kappa shape index (κ1) is 13.0. The van der Waals surface area contributed by atoms with E-state index in [1.165, 1.54) is 12.4 Å². The molecule has 0 saturated heterocycles. The number of aromatic nitrogens is 3. The fourth-order valence-electron chi connectivity index (χ4n) is 1.42. The quantitative estimate of drug-likeness (QED) is 0.849. The van der Waals surface area contributed by atoms with Crippen molar-refractivity contribution in [3.8, 4) is 5.75 Å². The van der Waals surface area contributed by atoms with Gasteiger partial charge in [0.15, 0.2) is 11.6 Å². The third-order valence-electron chi connectivity index (χ3n) is 2.29. The topological polar surface area (TPSA) is 86.0 Å². The fourth-order valence-corrected chi connectivity index (χ4v) is 1.42. The Morgan fingerprint density at radius 2 is 2.16 bits per heavy atom. The molecule has 2 aromatic rings. The monoisotopic (exact) mass is 263 g/mol. The Labute approximate surface area is 109 Å². The molecule has 0 spiro atoms. The summed E-state index contributed by atoms with van der Waals surface area (Å²) in [5.74, 6) is 0.322. The Balaban J connectivity index is 1.88. The molecule has 3 N–H and O–H groups in total. The summed E-state index contributed by atoms with van der Waals surface area (Å²) < 4.78 is 18.7. The Hall–Kier alpha value is -2.44. The molecule has 0 radical (unpaired) electrons. The molecular weight excluding hydrogens is 249 g/mol. The lowest BCUT2D eigenvalue weighted by Crippen LogP contribution is -2.25. The molecule has 0 aliphatic heterocycles. The van der Waals surface area contributed by atoms with Crippen LogP contribution in [-0.2, 0) is 0 Å². The number of hydrogen-bond donors (Lipinski definition) is 2. The molecule has 100 valence electrons. The van der Waals surface area contributed by atoms with Crippen molar-refractivity contribution in [2.45, 2.75) is 13.0 Å². The number of halogens is 1. The second-order valence-electron chi connectivity index (χ2n) is 3.95. The van der Waals surface area contributed by atoms with Crippen LogP contribution in [0, 0.1) is 5.82 Å². The number of para-hydroxylation sites is 1. The van der Waals surface area contributed by atoms with Gasteiger partial charge in [-0.3, -0.25) is 0 Å². The largest absolute Gasteiger partial charge is 0.488 e. The second-order valence-corrected chi connectivity index (χ2v) is 3.95. The summed E-state index contributed by atoms with van der Waals surface area (Å²) in [4.78, 5) is 11.5. The first-order valence-corrected chi connectivity index (χ1v) is 5.73. The zero-order valence-electron chi connectivity index (χ0n) is 10.4. The summed E-state index contributed by atoms with van der Waals surface area (Å²) in [7, 11) is 0. The van der Waals surface area contributed by atoms with Gasteiger partial charge in [0.2, 0.25) is 11.9 Å². The molecule has 1 unspecified atom stereocenters. The number of ether oxygens (including phenoxy) is 1. The maximum atomic E-state index is 13.3. The number of nitrogens with zero attached hydrogens (tertiary/aromatic N) is 3. The average Bonchev–Trinajstić information content (AvgIpc) is 2.38. The fraction of sp³-hybridized carbons (Fsp3) is 0.250. The van der Waals surface area contributed by atoms with Gasteiger partial charge in [-0.1, -0.05) is 12.1 Å². The highest BCUT2D eigenvalue weighted by Gasteiger charge is 2.07. The van der Waals surface area contributed by atoms with E-state index >= 15 is 0 Å². The van der Waals surface area contributed by atoms with Gasteiger partial charge in [0.1, 0.15) is 12.9 Å². The van der Waals surface area contributed by atoms with Crippen molar-refractivity contribution in [3.63, 3.8) is 0 Å². The zero-order valence-corrected chi connectivity index (χ0v) is 10.4. The van der Waals surface area contributed by atoms with Gasteiger partial charge in [0.05, 0.1) is 6.04 Å². The maximum Gasteiger partial charge on any atom is 0.227 e. The van der Waals surface area contributed by atoms with Crippen LogP contribution in [-0.4, -0.2) is 27.6 Å². The molecule has 0 aliphatic carbocycles. The van der Waals surface area contributed by atoms with E-state index in [1.54, 1.807) is 18.2 Å². The van der Waals surface area contributed by atoms with Crippen molar-refractivity contribution in [1.29, 1.82) is 0 Å². The van der Waals surface area contributed by atoms with Crippen molar-refractivity contribution < 1.29 is 9.13 Å². The van der Waals surface area contributed by atoms with Gasteiger partial charge >= 0.3 is 0 Å². The summed E-state index contributed by atoms with van der Waals surface area (Å²) in [6, 6.07) is 6.13. The van der Waals surface area contributed by atoms with Crippen molar-refractivity contribution in [1.82, 2.24) is 15.0 Å². The zero-order chi connectivity index (χ0) is 13.7. The molecule has 1 aromatic heterocycles. The second kappa shape index (κ2) is 5.94. The van der Waals surface area contributed by atoms with Crippen molar-refractivity contribution in [3.05, 3.63) is 36.4 Å². The lowest BCUT2D eigenvalue weighted by Gasteiger charge is -2.15. The number of benzene rings is 1. The third kappa shape index (κ3) is 3.77. The van der Waals surface area contributed by atoms with Crippen LogP contribution in [0.3, 0.4) is 0 Å². The number of rotatable bonds is 5. The number of nitrogens with two attached hydrogens (primary N) is 1. The van der Waals surface area contributed by atoms with Crippen LogP contribution >= 0.6 is 0 Å². The minimum Gasteiger partial charge on any atom is -0.488 e. The van der Waals surface area contributed by atoms with E-state index in [0.29, 0.717) is 5.95 Å². The number of nitrogens with one attached hydrogen (secondary N) is 1. The van der Waals surface area contributed by atoms with Crippen LogP contribution in [0.5, 0.6) is 5.75 Å². The first-order chi connectivity index (χ1) is 9.15. The molecular formula is C12H14FN5O. The Morgan fingerprint density at radius 3 is 2.89 bits per heavy atom. The van der Waals surface area contributed by atoms with Gasteiger partial charge in [0.25, 0.3) is 0 Å². The van der Waals surface area contributed by atoms with Gasteiger partial charge in [-0.15, -0.1) is 0 Å². The average molecular weight is 263 g/mol. The molecule has 7 heteroatoms. The number of anilines is 2. The number of nitrogen functional groups attached to an aromatic ring is 1. The molecule has 1 atom stereocenters. The minimum atomic E-state index is -0.390. The lowest BCUT2D eigenvalue weighted by molar-refractivity contribution is 0.289. The predicted molar refractivity (Wildman–Crippen MR) is 69.2 cm³/mol. The third-order valence-corrected chi connectivity index (χ3v) is 2.29. The summed E-state index contributed by atoms with van der Waals surface area (Å²) >= 11 is 0. The normalized spacial score (nSPS) is 11.9. The highest BCUT2D eigenvalue weighted by Crippen LogP contribution is 2.15. The van der Waals surface area contributed by atoms with Crippen molar-refractivity contribution in [2.24, 2.45) is 0 Å². The first-order valence-electron chi connectivity index (χ1n) is 5.73. The Bertz CT molecular complexity index is 551. The van der Waals surface area contributed by atoms with Crippen LogP contribution < -0.4 is 15.8 Å². The maximum absolute atomic E-state index is 13.3. The van der Waals surface area contributed by atoms with Gasteiger partial charge in [0, 0.05) is 0 Å². The van der Waals surface area contributed by atoms with Crippen LogP contribution in [0.4, 0.5) is 16.3 Å². The smallest absolute Gasteiger partial charge is 0.227 e. The van der Waals surface area contributed by atoms with E-state index in [4.69, 9.17) is 10.5 Å². The van der Waals surface area contributed by atoms with Crippen LogP contribution in [0.25, 0.3) is 0 Å². The summed E-state index contributed by atoms with van der Waals surface area (Å²) in [6.45, 7) is 2.13. The minimum absolute atomic E-state index is 0.110. The Morgan fingerprint density at radius 1 is 1.37 bits per heavy atom. The van der Waals surface area contributed by atoms with Crippen LogP contribution in [0.15, 0.2) is 30.6 Å². The number of hydrogen-bond acceptors (Lipinski definition) is 6. The van der Waals surface area contributed by atoms with E-state index in [-0.39, 0.29) is 30.2 Å². The summed E-state index contributed by atoms with van der Waals surface area (Å²) in [6.07, 6.45) is 1.31. The van der Waals surface area contributed by atoms with Gasteiger partial charge < -0.3 is 15.8 Å². The molecule has 6 nitrogen and oxygen atoms in total. The summed E-state index contributed by atoms with van der Waals surface area (Å²) in [5, 5.41) is 2.98. The molecule has 0 amide bonds. The standard InChI is InChI=1S/C12H14FN5O/c1-8(17-12-16-7-15-11(14)18-12)6-19-10-5-3-2-4-9(10)13/h2-5,7-8H,6H2,1H3,(H3,14,15,16,17,18). The van der Waals surface area contributed by atoms with Crippen LogP contribution in [0.1, 0.15) is 6.92 Å². The molecule has 0 saturated carbocycles. The lowest BCUT2D eigenvalue weighted by atomic mass is 10.3. The molecule has 1 aromatic carbocycles. The predicted octanol–water partition coefficient (Wildman–Crippen LogP) is 1.47. The molecule has 1 heterocycles. The van der Waals surface area contributed by atoms with E-state index in [2.05, 4.69) is 20.3 Å². The van der Waals surface area contributed by atoms with E-state index in [1.807, 2.05) is 6.92 Å². The SMILES string of the molecule is CC(COc1ccccc1F)Nc1ncnc(N)n1. The van der Waals surface area contributed by atoms with E-state index < -0.39 is 0 Å². The van der Waals surface area contributed by atoms with E-state index in [0.717, 1.165) is 0 Å². The highest BCUT2D eigenvalue weighted by molar-refractivity contribution is 5.30. The Kier molecular flexibility index (Phi) is 4.07. The van der Waals surface area contributed by atoms with Gasteiger partial charge in [-0.25, -0.2) is 14.4 Å². The van der Waals surface area contributed by atoms with E-state index in [9.17, 15) is 4.39 Å². The van der Waals surface area contributed by atoms with Crippen LogP contribution in [0.2, 0.25) is 0 Å². The molecule has 0 aliphatic rings. The van der Waals surface area contributed by atoms with Gasteiger partial charge in [-0.05, 0) is 19.1 Å². The molecule has 0 fully saturated rings. The molecule has 0 bridgehead atoms. The molecule has 19 heavy (non-hydrogen) atoms. The van der Waals surface area contributed by atoms with Gasteiger partial charge in [-0.2, -0.15) is 4.98 Å². The summed E-state index contributed by atoms with van der Waals surface area (Å²) in [5.41, 5.74) is 5.44. The van der Waals surface area contributed by atoms with Crippen molar-refractivity contribution in [2.75, 3.05) is 17.7 Å². The van der Waals surface area contributed by atoms with Crippen molar-refractivity contribution >= 4 is 11.9 Å².